The highest BCUT2D eigenvalue weighted by molar-refractivity contribution is 7.27. The van der Waals surface area contributed by atoms with Crippen molar-refractivity contribution in [3.8, 4) is 66.8 Å². The molecule has 0 saturated heterocycles. The topological polar surface area (TPSA) is 36.0 Å². The zero-order valence-electron chi connectivity index (χ0n) is 74.0. The Labute approximate surface area is 808 Å². The van der Waals surface area contributed by atoms with E-state index in [0.29, 0.717) is 17.1 Å². The van der Waals surface area contributed by atoms with Crippen molar-refractivity contribution in [1.29, 1.82) is 0 Å². The van der Waals surface area contributed by atoms with Crippen molar-refractivity contribution in [2.45, 2.75) is 0 Å². The molecule has 0 aliphatic rings. The number of thiophene rings is 4. The lowest BCUT2D eigenvalue weighted by Gasteiger charge is -2.29. The van der Waals surface area contributed by atoms with Crippen LogP contribution < -0.4 is 14.7 Å². The molecular formula is C126H78F3N3O2S4. The van der Waals surface area contributed by atoms with Crippen LogP contribution in [0.1, 0.15) is 0 Å². The van der Waals surface area contributed by atoms with Gasteiger partial charge in [0.25, 0.3) is 0 Å². The molecule has 0 fully saturated rings. The van der Waals surface area contributed by atoms with Gasteiger partial charge in [-0.25, -0.2) is 13.2 Å². The van der Waals surface area contributed by atoms with Crippen LogP contribution in [0.4, 0.5) is 64.4 Å². The molecule has 0 atom stereocenters. The Kier molecular flexibility index (Phi) is 21.3. The Bertz CT molecular complexity index is 8660. The molecule has 0 saturated carbocycles. The predicted octanol–water partition coefficient (Wildman–Crippen LogP) is 39.2. The van der Waals surface area contributed by atoms with Gasteiger partial charge in [0.1, 0.15) is 39.8 Å². The minimum Gasteiger partial charge on any atom is -0.456 e. The summed E-state index contributed by atoms with van der Waals surface area (Å²) in [6.45, 7) is 0. The van der Waals surface area contributed by atoms with E-state index in [1.54, 1.807) is 63.5 Å². The van der Waals surface area contributed by atoms with E-state index in [1.165, 1.54) is 80.7 Å². The third kappa shape index (κ3) is 15.2. The van der Waals surface area contributed by atoms with E-state index < -0.39 is 0 Å². The maximum Gasteiger partial charge on any atom is 0.148 e. The molecule has 12 heteroatoms. The van der Waals surface area contributed by atoms with Gasteiger partial charge in [-0.05, 0) is 208 Å². The highest BCUT2D eigenvalue weighted by Crippen LogP contribution is 2.54. The smallest absolute Gasteiger partial charge is 0.148 e. The molecule has 0 N–H and O–H groups in total. The van der Waals surface area contributed by atoms with Crippen LogP contribution in [0.15, 0.2) is 482 Å². The molecule has 21 aromatic carbocycles. The molecule has 0 bridgehead atoms. The standard InChI is InChI=1S/C42H26FNO2.2C42H26FNS2/c43-37-24-29(27-11-3-1-4-12-27)23-36(28-13-5-2-6-14-28)42(37)44(30-19-21-34-32-15-7-9-17-38(32)45-40(34)25-30)31-20-22-35-33-16-8-10-18-39(33)46-41(35)26-31;43-37-24-29(27-11-3-1-4-12-27)23-34(28-13-5-2-6-14-28)42(37)44(30-19-21-40-35(25-30)32-15-7-9-17-38(32)45-40)31-20-22-41-36(26-31)33-16-8-10-18-39(33)46-41;43-37-24-29(27-11-3-1-4-12-27)23-36(28-13-5-2-6-14-28)42(37)44(30-19-21-34-32-15-7-9-17-38(32)45-40(34)25-30)31-20-22-35-33-16-8-10-18-39(33)46-41(35)26-31/h3*1-26H. The molecule has 0 aliphatic carbocycles. The molecule has 0 unspecified atom stereocenters. The average molecular weight is 1850 g/mol. The second-order valence-corrected chi connectivity index (χ2v) is 38.8. The van der Waals surface area contributed by atoms with Gasteiger partial charge in [-0.2, -0.15) is 0 Å². The molecule has 27 rings (SSSR count). The fourth-order valence-electron chi connectivity index (χ4n) is 19.7. The van der Waals surface area contributed by atoms with Crippen molar-refractivity contribution in [2.24, 2.45) is 0 Å². The Hall–Kier alpha value is -16.7. The van der Waals surface area contributed by atoms with Crippen LogP contribution in [-0.2, 0) is 0 Å². The molecule has 654 valence electrons. The van der Waals surface area contributed by atoms with Crippen molar-refractivity contribution in [3.63, 3.8) is 0 Å². The van der Waals surface area contributed by atoms with E-state index >= 15 is 13.2 Å². The quantitative estimate of drug-likeness (QED) is 0.102. The van der Waals surface area contributed by atoms with Gasteiger partial charge in [0, 0.05) is 154 Å². The summed E-state index contributed by atoms with van der Waals surface area (Å²) < 4.78 is 73.5. The van der Waals surface area contributed by atoms with E-state index in [1.807, 2.05) is 223 Å². The van der Waals surface area contributed by atoms with Crippen molar-refractivity contribution in [3.05, 3.63) is 491 Å². The first-order valence-electron chi connectivity index (χ1n) is 45.8. The third-order valence-corrected chi connectivity index (χ3v) is 30.7. The number of nitrogens with zero attached hydrogens (tertiary/aromatic N) is 3. The van der Waals surface area contributed by atoms with Gasteiger partial charge in [0.05, 0.1) is 28.4 Å². The second-order valence-electron chi connectivity index (χ2n) is 34.4. The molecule has 6 aromatic heterocycles. The lowest BCUT2D eigenvalue weighted by molar-refractivity contribution is 0.629. The summed E-state index contributed by atoms with van der Waals surface area (Å²) in [7, 11) is 0. The Morgan fingerprint density at radius 1 is 0.152 bits per heavy atom. The average Bonchev–Trinajstić information content (AvgIpc) is 1.44. The molecule has 138 heavy (non-hydrogen) atoms. The Balaban J connectivity index is 0.000000110. The first-order valence-corrected chi connectivity index (χ1v) is 49.1. The summed E-state index contributed by atoms with van der Waals surface area (Å²) in [6.07, 6.45) is 0. The van der Waals surface area contributed by atoms with E-state index in [0.717, 1.165) is 145 Å². The number of hydrogen-bond acceptors (Lipinski definition) is 9. The summed E-state index contributed by atoms with van der Waals surface area (Å²) in [5.74, 6) is -0.881. The fourth-order valence-corrected chi connectivity index (χ4v) is 24.2. The first kappa shape index (κ1) is 83.1. The summed E-state index contributed by atoms with van der Waals surface area (Å²) >= 11 is 7.13. The van der Waals surface area contributed by atoms with Gasteiger partial charge in [-0.15, -0.1) is 45.3 Å². The molecule has 6 heterocycles. The predicted molar refractivity (Wildman–Crippen MR) is 582 cm³/mol. The van der Waals surface area contributed by atoms with Crippen molar-refractivity contribution >= 4 is 221 Å². The van der Waals surface area contributed by atoms with Crippen LogP contribution in [0, 0.1) is 17.5 Å². The fraction of sp³-hybridized carbons (Fsp3) is 0. The van der Waals surface area contributed by atoms with Crippen molar-refractivity contribution in [1.82, 2.24) is 0 Å². The highest BCUT2D eigenvalue weighted by atomic mass is 32.1. The second kappa shape index (κ2) is 35.3. The largest absolute Gasteiger partial charge is 0.456 e. The summed E-state index contributed by atoms with van der Waals surface area (Å²) in [5.41, 5.74) is 20.5. The monoisotopic (exact) mass is 1850 g/mol. The van der Waals surface area contributed by atoms with E-state index in [-0.39, 0.29) is 17.5 Å². The van der Waals surface area contributed by atoms with E-state index in [4.69, 9.17) is 8.83 Å². The van der Waals surface area contributed by atoms with Gasteiger partial charge in [-0.1, -0.05) is 303 Å². The maximum atomic E-state index is 17.1. The molecule has 0 amide bonds. The molecule has 0 aliphatic heterocycles. The van der Waals surface area contributed by atoms with Gasteiger partial charge in [0.2, 0.25) is 0 Å². The van der Waals surface area contributed by atoms with Crippen LogP contribution in [-0.4, -0.2) is 0 Å². The van der Waals surface area contributed by atoms with Crippen molar-refractivity contribution in [2.75, 3.05) is 14.7 Å². The number of furan rings is 2. The minimum atomic E-state index is -0.338. The SMILES string of the molecule is Fc1cc(-c2ccccc2)cc(-c2ccccc2)c1N(c1ccc2c(c1)oc1ccccc12)c1ccc2c(c1)oc1ccccc12.Fc1cc(-c2ccccc2)cc(-c2ccccc2)c1N(c1ccc2c(c1)sc1ccccc12)c1ccc2c(c1)sc1ccccc12.Fc1cc(-c2ccccc2)cc(-c2ccccc2)c1N(c1ccc2sc3ccccc3c2c1)c1ccc2sc3ccccc3c2c1. The molecular weight excluding hydrogens is 1770 g/mol. The Morgan fingerprint density at radius 3 is 0.703 bits per heavy atom. The molecule has 5 nitrogen and oxygen atoms in total. The first-order chi connectivity index (χ1) is 68.1. The summed E-state index contributed by atoms with van der Waals surface area (Å²) in [5, 5.41) is 13.8. The van der Waals surface area contributed by atoms with Crippen LogP contribution in [0.25, 0.3) is 191 Å². The van der Waals surface area contributed by atoms with Gasteiger partial charge in [-0.3, -0.25) is 0 Å². The van der Waals surface area contributed by atoms with Gasteiger partial charge >= 0.3 is 0 Å². The number of halogens is 3. The minimum absolute atomic E-state index is 0.270. The van der Waals surface area contributed by atoms with Crippen LogP contribution in [0.2, 0.25) is 0 Å². The van der Waals surface area contributed by atoms with E-state index in [2.05, 4.69) is 246 Å². The summed E-state index contributed by atoms with van der Waals surface area (Å²) in [4.78, 5) is 6.20. The number of benzene rings is 21. The van der Waals surface area contributed by atoms with Gasteiger partial charge in [0.15, 0.2) is 0 Å². The normalized spacial score (nSPS) is 11.6. The zero-order valence-corrected chi connectivity index (χ0v) is 77.2. The van der Waals surface area contributed by atoms with Crippen molar-refractivity contribution < 1.29 is 22.0 Å². The lowest BCUT2D eigenvalue weighted by Crippen LogP contribution is -2.13. The molecule has 0 radical (unpaired) electrons. The van der Waals surface area contributed by atoms with E-state index in [9.17, 15) is 0 Å². The molecule has 27 aromatic rings. The van der Waals surface area contributed by atoms with Crippen LogP contribution in [0.5, 0.6) is 0 Å². The maximum absolute atomic E-state index is 17.1. The zero-order chi connectivity index (χ0) is 91.8. The van der Waals surface area contributed by atoms with Gasteiger partial charge < -0.3 is 23.5 Å². The van der Waals surface area contributed by atoms with Crippen LogP contribution in [0.3, 0.4) is 0 Å². The summed E-state index contributed by atoms with van der Waals surface area (Å²) in [6, 6.07) is 160. The van der Waals surface area contributed by atoms with Crippen LogP contribution >= 0.6 is 45.3 Å². The third-order valence-electron chi connectivity index (χ3n) is 26.2. The number of fused-ring (bicyclic) bond motifs is 18. The highest BCUT2D eigenvalue weighted by Gasteiger charge is 2.30. The number of hydrogen-bond donors (Lipinski definition) is 0. The lowest BCUT2D eigenvalue weighted by atomic mass is 9.95. The molecule has 0 spiro atoms. The number of anilines is 9. The number of rotatable bonds is 15. The number of para-hydroxylation sites is 2. The Morgan fingerprint density at radius 2 is 0.377 bits per heavy atom.